The van der Waals surface area contributed by atoms with Crippen LogP contribution >= 0.6 is 0 Å². The highest BCUT2D eigenvalue weighted by atomic mass is 16.3. The first-order valence-corrected chi connectivity index (χ1v) is 8.37. The molecule has 1 saturated carbocycles. The van der Waals surface area contributed by atoms with Gasteiger partial charge in [-0.2, -0.15) is 0 Å². The van der Waals surface area contributed by atoms with Gasteiger partial charge in [-0.3, -0.25) is 4.68 Å². The van der Waals surface area contributed by atoms with E-state index in [1.165, 1.54) is 38.5 Å². The fraction of sp³-hybridized carbons (Fsp3) is 0.875. The van der Waals surface area contributed by atoms with E-state index in [0.29, 0.717) is 0 Å². The van der Waals surface area contributed by atoms with Crippen LogP contribution in [0.15, 0.2) is 6.20 Å². The molecule has 1 heterocycles. The van der Waals surface area contributed by atoms with Crippen LogP contribution in [-0.2, 0) is 12.1 Å². The van der Waals surface area contributed by atoms with Gasteiger partial charge in [0.1, 0.15) is 11.3 Å². The van der Waals surface area contributed by atoms with Crippen molar-refractivity contribution in [2.75, 3.05) is 0 Å². The molecule has 1 aromatic heterocycles. The second kappa shape index (κ2) is 7.77. The van der Waals surface area contributed by atoms with Crippen molar-refractivity contribution in [2.45, 2.75) is 89.7 Å². The predicted octanol–water partition coefficient (Wildman–Crippen LogP) is 3.79. The lowest BCUT2D eigenvalue weighted by Gasteiger charge is -2.29. The van der Waals surface area contributed by atoms with E-state index in [2.05, 4.69) is 17.2 Å². The number of hydrogen-bond acceptors (Lipinski definition) is 3. The first-order valence-electron chi connectivity index (χ1n) is 8.37. The SMILES string of the molecule is CCCCCCCCn1cc(C2(O)CCCCC2)nn1. The van der Waals surface area contributed by atoms with Crippen molar-refractivity contribution in [1.29, 1.82) is 0 Å². The Labute approximate surface area is 122 Å². The molecule has 0 aromatic carbocycles. The van der Waals surface area contributed by atoms with Crippen LogP contribution in [0.5, 0.6) is 0 Å². The van der Waals surface area contributed by atoms with Gasteiger partial charge in [0.2, 0.25) is 0 Å². The molecule has 0 bridgehead atoms. The summed E-state index contributed by atoms with van der Waals surface area (Å²) < 4.78 is 1.90. The van der Waals surface area contributed by atoms with Gasteiger partial charge in [-0.25, -0.2) is 0 Å². The fourth-order valence-corrected chi connectivity index (χ4v) is 3.07. The third kappa shape index (κ3) is 4.30. The van der Waals surface area contributed by atoms with E-state index in [0.717, 1.165) is 44.3 Å². The monoisotopic (exact) mass is 279 g/mol. The normalized spacial score (nSPS) is 18.3. The standard InChI is InChI=1S/C16H29N3O/c1-2-3-4-5-6-10-13-19-14-15(17-18-19)16(20)11-8-7-9-12-16/h14,20H,2-13H2,1H3. The second-order valence-electron chi connectivity index (χ2n) is 6.23. The van der Waals surface area contributed by atoms with Crippen molar-refractivity contribution >= 4 is 0 Å². The Kier molecular flexibility index (Phi) is 6.02. The van der Waals surface area contributed by atoms with Crippen molar-refractivity contribution in [2.24, 2.45) is 0 Å². The molecule has 0 amide bonds. The number of nitrogens with zero attached hydrogens (tertiary/aromatic N) is 3. The largest absolute Gasteiger partial charge is 0.383 e. The summed E-state index contributed by atoms with van der Waals surface area (Å²) in [6.07, 6.45) is 14.8. The summed E-state index contributed by atoms with van der Waals surface area (Å²) in [4.78, 5) is 0. The van der Waals surface area contributed by atoms with Crippen LogP contribution in [0, 0.1) is 0 Å². The molecule has 1 N–H and O–H groups in total. The highest BCUT2D eigenvalue weighted by Crippen LogP contribution is 2.35. The first-order chi connectivity index (χ1) is 9.74. The topological polar surface area (TPSA) is 50.9 Å². The van der Waals surface area contributed by atoms with Gasteiger partial charge in [0, 0.05) is 6.54 Å². The number of aryl methyl sites for hydroxylation is 1. The number of aliphatic hydroxyl groups is 1. The second-order valence-corrected chi connectivity index (χ2v) is 6.23. The van der Waals surface area contributed by atoms with E-state index in [4.69, 9.17) is 0 Å². The lowest BCUT2D eigenvalue weighted by atomic mass is 9.83. The van der Waals surface area contributed by atoms with Crippen LogP contribution < -0.4 is 0 Å². The van der Waals surface area contributed by atoms with Crippen molar-refractivity contribution in [3.8, 4) is 0 Å². The first kappa shape index (κ1) is 15.5. The molecular formula is C16H29N3O. The Hall–Kier alpha value is -0.900. The third-order valence-electron chi connectivity index (χ3n) is 4.44. The summed E-state index contributed by atoms with van der Waals surface area (Å²) in [7, 11) is 0. The summed E-state index contributed by atoms with van der Waals surface area (Å²) in [5.41, 5.74) is 0.0700. The quantitative estimate of drug-likeness (QED) is 0.737. The highest BCUT2D eigenvalue weighted by molar-refractivity contribution is 5.07. The molecule has 0 aliphatic heterocycles. The number of unbranched alkanes of at least 4 members (excludes halogenated alkanes) is 5. The van der Waals surface area contributed by atoms with Gasteiger partial charge >= 0.3 is 0 Å². The molecule has 0 unspecified atom stereocenters. The highest BCUT2D eigenvalue weighted by Gasteiger charge is 2.33. The van der Waals surface area contributed by atoms with Crippen molar-refractivity contribution in [3.05, 3.63) is 11.9 Å². The molecule has 0 spiro atoms. The lowest BCUT2D eigenvalue weighted by molar-refractivity contribution is -0.00474. The lowest BCUT2D eigenvalue weighted by Crippen LogP contribution is -2.28. The van der Waals surface area contributed by atoms with E-state index >= 15 is 0 Å². The molecule has 1 aliphatic rings. The van der Waals surface area contributed by atoms with Crippen LogP contribution in [0.2, 0.25) is 0 Å². The van der Waals surface area contributed by atoms with E-state index in [1.807, 2.05) is 10.9 Å². The summed E-state index contributed by atoms with van der Waals surface area (Å²) in [5, 5.41) is 19.0. The maximum absolute atomic E-state index is 10.6. The maximum atomic E-state index is 10.6. The fourth-order valence-electron chi connectivity index (χ4n) is 3.07. The molecule has 0 radical (unpaired) electrons. The zero-order valence-electron chi connectivity index (χ0n) is 12.9. The van der Waals surface area contributed by atoms with Gasteiger partial charge in [-0.15, -0.1) is 5.10 Å². The Morgan fingerprint density at radius 2 is 1.80 bits per heavy atom. The molecule has 1 fully saturated rings. The molecule has 4 heteroatoms. The van der Waals surface area contributed by atoms with Crippen molar-refractivity contribution in [3.63, 3.8) is 0 Å². The molecule has 114 valence electrons. The van der Waals surface area contributed by atoms with Gasteiger partial charge in [0.25, 0.3) is 0 Å². The number of rotatable bonds is 8. The molecule has 1 aromatic rings. The molecule has 20 heavy (non-hydrogen) atoms. The molecule has 0 saturated heterocycles. The third-order valence-corrected chi connectivity index (χ3v) is 4.44. The van der Waals surface area contributed by atoms with Crippen LogP contribution in [0.3, 0.4) is 0 Å². The van der Waals surface area contributed by atoms with Crippen LogP contribution in [0.1, 0.15) is 83.2 Å². The minimum absolute atomic E-state index is 0.711. The Balaban J connectivity index is 1.74. The van der Waals surface area contributed by atoms with E-state index < -0.39 is 5.60 Å². The summed E-state index contributed by atoms with van der Waals surface area (Å²) >= 11 is 0. The summed E-state index contributed by atoms with van der Waals surface area (Å²) in [6.45, 7) is 3.17. The van der Waals surface area contributed by atoms with Gasteiger partial charge in [0.15, 0.2) is 0 Å². The Bertz CT molecular complexity index is 383. The van der Waals surface area contributed by atoms with E-state index in [-0.39, 0.29) is 0 Å². The minimum atomic E-state index is -0.711. The van der Waals surface area contributed by atoms with Crippen LogP contribution in [0.25, 0.3) is 0 Å². The maximum Gasteiger partial charge on any atom is 0.114 e. The van der Waals surface area contributed by atoms with Crippen molar-refractivity contribution < 1.29 is 5.11 Å². The molecule has 1 aliphatic carbocycles. The minimum Gasteiger partial charge on any atom is -0.383 e. The Morgan fingerprint density at radius 3 is 2.55 bits per heavy atom. The molecular weight excluding hydrogens is 250 g/mol. The number of aromatic nitrogens is 3. The van der Waals surface area contributed by atoms with Crippen molar-refractivity contribution in [1.82, 2.24) is 15.0 Å². The van der Waals surface area contributed by atoms with Crippen LogP contribution in [-0.4, -0.2) is 20.1 Å². The molecule has 4 nitrogen and oxygen atoms in total. The summed E-state index contributed by atoms with van der Waals surface area (Å²) in [6, 6.07) is 0. The van der Waals surface area contributed by atoms with E-state index in [1.54, 1.807) is 0 Å². The summed E-state index contributed by atoms with van der Waals surface area (Å²) in [5.74, 6) is 0. The van der Waals surface area contributed by atoms with Gasteiger partial charge < -0.3 is 5.11 Å². The van der Waals surface area contributed by atoms with Gasteiger partial charge in [-0.1, -0.05) is 63.5 Å². The molecule has 0 atom stereocenters. The van der Waals surface area contributed by atoms with Crippen LogP contribution in [0.4, 0.5) is 0 Å². The zero-order chi connectivity index (χ0) is 14.3. The zero-order valence-corrected chi connectivity index (χ0v) is 12.9. The van der Waals surface area contributed by atoms with E-state index in [9.17, 15) is 5.11 Å². The smallest absolute Gasteiger partial charge is 0.114 e. The Morgan fingerprint density at radius 1 is 1.10 bits per heavy atom. The molecule has 2 rings (SSSR count). The predicted molar refractivity (Wildman–Crippen MR) is 80.4 cm³/mol. The average molecular weight is 279 g/mol. The van der Waals surface area contributed by atoms with Gasteiger partial charge in [0.05, 0.1) is 6.20 Å². The van der Waals surface area contributed by atoms with Gasteiger partial charge in [-0.05, 0) is 19.3 Å². The average Bonchev–Trinajstić information content (AvgIpc) is 2.93. The number of hydrogen-bond donors (Lipinski definition) is 1.